The van der Waals surface area contributed by atoms with Crippen molar-refractivity contribution in [3.8, 4) is 0 Å². The number of methoxy groups -OCH3 is 1. The molecule has 1 heterocycles. The molecule has 2 N–H and O–H groups in total. The van der Waals surface area contributed by atoms with Crippen molar-refractivity contribution in [3.63, 3.8) is 0 Å². The summed E-state index contributed by atoms with van der Waals surface area (Å²) in [6, 6.07) is 15.3. The molecular weight excluding hydrogens is 351 g/mol. The highest BCUT2D eigenvalue weighted by Crippen LogP contribution is 2.16. The van der Waals surface area contributed by atoms with Gasteiger partial charge in [0.25, 0.3) is 5.91 Å². The first-order valence-corrected chi connectivity index (χ1v) is 7.91. The van der Waals surface area contributed by atoms with Gasteiger partial charge in [-0.25, -0.2) is 9.18 Å². The molecule has 1 aromatic heterocycles. The number of amides is 1. The van der Waals surface area contributed by atoms with Crippen LogP contribution in [-0.4, -0.2) is 29.2 Å². The van der Waals surface area contributed by atoms with E-state index in [-0.39, 0.29) is 5.69 Å². The van der Waals surface area contributed by atoms with Crippen molar-refractivity contribution in [2.75, 3.05) is 17.7 Å². The zero-order valence-electron chi connectivity index (χ0n) is 14.3. The zero-order chi connectivity index (χ0) is 19.2. The first kappa shape index (κ1) is 18.0. The predicted octanol–water partition coefficient (Wildman–Crippen LogP) is 3.40. The van der Waals surface area contributed by atoms with E-state index in [1.54, 1.807) is 36.4 Å². The fourth-order valence-corrected chi connectivity index (χ4v) is 2.24. The van der Waals surface area contributed by atoms with Crippen LogP contribution in [0, 0.1) is 5.82 Å². The molecule has 136 valence electrons. The van der Waals surface area contributed by atoms with Gasteiger partial charge in [0.1, 0.15) is 5.82 Å². The highest BCUT2D eigenvalue weighted by Gasteiger charge is 2.10. The van der Waals surface area contributed by atoms with E-state index in [1.807, 2.05) is 0 Å². The third-order valence-corrected chi connectivity index (χ3v) is 3.56. The normalized spacial score (nSPS) is 10.1. The second-order valence-corrected chi connectivity index (χ2v) is 5.46. The number of hydrogen-bond donors (Lipinski definition) is 2. The Hall–Kier alpha value is -3.81. The minimum atomic E-state index is -0.498. The van der Waals surface area contributed by atoms with Crippen molar-refractivity contribution in [3.05, 3.63) is 77.7 Å². The minimum absolute atomic E-state index is 0.0888. The van der Waals surface area contributed by atoms with Crippen LogP contribution in [0.15, 0.2) is 60.7 Å². The van der Waals surface area contributed by atoms with Crippen LogP contribution < -0.4 is 10.6 Å². The van der Waals surface area contributed by atoms with E-state index in [0.29, 0.717) is 22.8 Å². The van der Waals surface area contributed by atoms with E-state index in [9.17, 15) is 14.0 Å². The Morgan fingerprint density at radius 2 is 1.74 bits per heavy atom. The van der Waals surface area contributed by atoms with E-state index in [4.69, 9.17) is 0 Å². The van der Waals surface area contributed by atoms with Gasteiger partial charge in [0.05, 0.1) is 12.7 Å². The highest BCUT2D eigenvalue weighted by atomic mass is 19.1. The first-order chi connectivity index (χ1) is 13.0. The van der Waals surface area contributed by atoms with Gasteiger partial charge in [-0.3, -0.25) is 4.79 Å². The van der Waals surface area contributed by atoms with Gasteiger partial charge >= 0.3 is 5.97 Å². The summed E-state index contributed by atoms with van der Waals surface area (Å²) in [4.78, 5) is 23.5. The van der Waals surface area contributed by atoms with E-state index in [2.05, 4.69) is 25.6 Å². The maximum Gasteiger partial charge on any atom is 0.337 e. The van der Waals surface area contributed by atoms with E-state index < -0.39 is 17.7 Å². The SMILES string of the molecule is COC(=O)c1ccc(Nc2ccc(C(=O)Nc3cccc(F)c3)nn2)cc1. The quantitative estimate of drug-likeness (QED) is 0.672. The molecule has 0 bridgehead atoms. The summed E-state index contributed by atoms with van der Waals surface area (Å²) >= 11 is 0. The lowest BCUT2D eigenvalue weighted by Crippen LogP contribution is -2.14. The van der Waals surface area contributed by atoms with Crippen molar-refractivity contribution < 1.29 is 18.7 Å². The van der Waals surface area contributed by atoms with Crippen LogP contribution in [0.25, 0.3) is 0 Å². The Morgan fingerprint density at radius 3 is 2.37 bits per heavy atom. The molecular formula is C19H15FN4O3. The highest BCUT2D eigenvalue weighted by molar-refractivity contribution is 6.02. The fraction of sp³-hybridized carbons (Fsp3) is 0.0526. The summed E-state index contributed by atoms with van der Waals surface area (Å²) in [6.45, 7) is 0. The second-order valence-electron chi connectivity index (χ2n) is 5.46. The number of carbonyl (C=O) groups is 2. The first-order valence-electron chi connectivity index (χ1n) is 7.91. The van der Waals surface area contributed by atoms with Crippen LogP contribution in [0.5, 0.6) is 0 Å². The summed E-state index contributed by atoms with van der Waals surface area (Å²) < 4.78 is 17.8. The number of aromatic nitrogens is 2. The molecule has 0 radical (unpaired) electrons. The Bertz CT molecular complexity index is 959. The molecule has 0 unspecified atom stereocenters. The molecule has 1 amide bonds. The Morgan fingerprint density at radius 1 is 0.963 bits per heavy atom. The van der Waals surface area contributed by atoms with Gasteiger partial charge in [-0.15, -0.1) is 10.2 Å². The topological polar surface area (TPSA) is 93.2 Å². The van der Waals surface area contributed by atoms with Gasteiger partial charge in [0.2, 0.25) is 0 Å². The molecule has 0 aliphatic heterocycles. The molecule has 7 nitrogen and oxygen atoms in total. The molecule has 3 rings (SSSR count). The van der Waals surface area contributed by atoms with E-state index in [0.717, 1.165) is 0 Å². The number of benzene rings is 2. The van der Waals surface area contributed by atoms with Gasteiger partial charge in [0.15, 0.2) is 11.5 Å². The number of ether oxygens (including phenoxy) is 1. The van der Waals surface area contributed by atoms with Crippen LogP contribution in [0.4, 0.5) is 21.6 Å². The molecule has 8 heteroatoms. The number of halogens is 1. The molecule has 2 aromatic carbocycles. The maximum atomic E-state index is 13.2. The lowest BCUT2D eigenvalue weighted by molar-refractivity contribution is 0.0600. The summed E-state index contributed by atoms with van der Waals surface area (Å²) in [5.41, 5.74) is 1.54. The molecule has 0 spiro atoms. The maximum absolute atomic E-state index is 13.2. The average Bonchev–Trinajstić information content (AvgIpc) is 2.68. The van der Waals surface area contributed by atoms with Crippen LogP contribution >= 0.6 is 0 Å². The fourth-order valence-electron chi connectivity index (χ4n) is 2.24. The molecule has 3 aromatic rings. The standard InChI is InChI=1S/C19H15FN4O3/c1-27-19(26)12-5-7-14(8-6-12)21-17-10-9-16(23-24-17)18(25)22-15-4-2-3-13(20)11-15/h2-11H,1H3,(H,21,24)(H,22,25). The Labute approximate surface area is 154 Å². The summed E-state index contributed by atoms with van der Waals surface area (Å²) in [5, 5.41) is 13.3. The lowest BCUT2D eigenvalue weighted by Gasteiger charge is -2.07. The number of nitrogens with one attached hydrogen (secondary N) is 2. The summed E-state index contributed by atoms with van der Waals surface area (Å²) in [5.74, 6) is -0.947. The summed E-state index contributed by atoms with van der Waals surface area (Å²) in [6.07, 6.45) is 0. The molecule has 0 aliphatic carbocycles. The Kier molecular flexibility index (Phi) is 5.36. The number of rotatable bonds is 5. The second kappa shape index (κ2) is 8.05. The molecule has 0 fully saturated rings. The third kappa shape index (κ3) is 4.63. The van der Waals surface area contributed by atoms with Gasteiger partial charge in [-0.2, -0.15) is 0 Å². The van der Waals surface area contributed by atoms with E-state index in [1.165, 1.54) is 31.4 Å². The summed E-state index contributed by atoms with van der Waals surface area (Å²) in [7, 11) is 1.32. The zero-order valence-corrected chi connectivity index (χ0v) is 14.3. The predicted molar refractivity (Wildman–Crippen MR) is 97.4 cm³/mol. The smallest absolute Gasteiger partial charge is 0.337 e. The largest absolute Gasteiger partial charge is 0.465 e. The molecule has 0 saturated heterocycles. The number of anilines is 3. The van der Waals surface area contributed by atoms with Crippen LogP contribution in [0.2, 0.25) is 0 Å². The van der Waals surface area contributed by atoms with E-state index >= 15 is 0 Å². The number of nitrogens with zero attached hydrogens (tertiary/aromatic N) is 2. The van der Waals surface area contributed by atoms with Crippen LogP contribution in [0.1, 0.15) is 20.8 Å². The van der Waals surface area contributed by atoms with Crippen molar-refractivity contribution in [2.45, 2.75) is 0 Å². The van der Waals surface area contributed by atoms with Crippen molar-refractivity contribution in [2.24, 2.45) is 0 Å². The molecule has 0 atom stereocenters. The Balaban J connectivity index is 1.64. The van der Waals surface area contributed by atoms with Gasteiger partial charge in [-0.1, -0.05) is 6.07 Å². The van der Waals surface area contributed by atoms with Crippen molar-refractivity contribution in [1.82, 2.24) is 10.2 Å². The number of esters is 1. The molecule has 0 saturated carbocycles. The van der Waals surface area contributed by atoms with Gasteiger partial charge in [-0.05, 0) is 54.6 Å². The van der Waals surface area contributed by atoms with Crippen LogP contribution in [-0.2, 0) is 4.74 Å². The monoisotopic (exact) mass is 366 g/mol. The van der Waals surface area contributed by atoms with Crippen LogP contribution in [0.3, 0.4) is 0 Å². The molecule has 0 aliphatic rings. The van der Waals surface area contributed by atoms with Crippen molar-refractivity contribution in [1.29, 1.82) is 0 Å². The third-order valence-electron chi connectivity index (χ3n) is 3.56. The number of carbonyl (C=O) groups excluding carboxylic acids is 2. The van der Waals surface area contributed by atoms with Gasteiger partial charge in [0, 0.05) is 11.4 Å². The lowest BCUT2D eigenvalue weighted by atomic mass is 10.2. The molecule has 27 heavy (non-hydrogen) atoms. The van der Waals surface area contributed by atoms with Crippen molar-refractivity contribution >= 4 is 29.1 Å². The minimum Gasteiger partial charge on any atom is -0.465 e. The average molecular weight is 366 g/mol. The van der Waals surface area contributed by atoms with Gasteiger partial charge < -0.3 is 15.4 Å². The number of hydrogen-bond acceptors (Lipinski definition) is 6.